The van der Waals surface area contributed by atoms with Crippen LogP contribution in [0.1, 0.15) is 34.8 Å². The molecule has 1 aliphatic heterocycles. The second-order valence-electron chi connectivity index (χ2n) is 4.64. The number of nitrogens with two attached hydrogens (primary N) is 1. The van der Waals surface area contributed by atoms with Crippen LogP contribution in [0.15, 0.2) is 16.6 Å². The molecule has 104 valence electrons. The van der Waals surface area contributed by atoms with E-state index in [0.29, 0.717) is 23.2 Å². The molecule has 0 saturated carbocycles. The number of aromatic carboxylic acids is 1. The number of benzene rings is 1. The maximum Gasteiger partial charge on any atom is 0.339 e. The molecular weight excluding hydrogens is 314 g/mol. The van der Waals surface area contributed by atoms with Crippen molar-refractivity contribution in [2.75, 3.05) is 13.2 Å². The number of hydrogen-bond donors (Lipinski definition) is 3. The Bertz CT molecular complexity index is 486. The molecule has 1 fully saturated rings. The van der Waals surface area contributed by atoms with Gasteiger partial charge in [0.1, 0.15) is 11.3 Å². The van der Waals surface area contributed by atoms with Gasteiger partial charge in [0.25, 0.3) is 0 Å². The zero-order valence-corrected chi connectivity index (χ0v) is 11.9. The molecule has 0 spiro atoms. The third kappa shape index (κ3) is 2.91. The Labute approximate surface area is 119 Å². The highest BCUT2D eigenvalue weighted by Gasteiger charge is 2.28. The number of rotatable bonds is 3. The largest absolute Gasteiger partial charge is 0.507 e. The van der Waals surface area contributed by atoms with Crippen LogP contribution in [-0.2, 0) is 4.74 Å². The van der Waals surface area contributed by atoms with E-state index in [-0.39, 0.29) is 17.2 Å². The molecular formula is C13H16BrNO4. The molecule has 1 heterocycles. The number of carboxylic acid groups (broad SMARTS) is 1. The summed E-state index contributed by atoms with van der Waals surface area (Å²) in [6, 6.07) is 2.57. The number of hydrogen-bond acceptors (Lipinski definition) is 4. The first-order valence-electron chi connectivity index (χ1n) is 6.10. The standard InChI is InChI=1S/C13H16BrNO4/c14-9-2-1-8(13(17)18)12(16)10(9)11(15)7-3-5-19-6-4-7/h1-2,7,11,16H,3-6,15H2,(H,17,18)/t11-/m1/s1. The van der Waals surface area contributed by atoms with Crippen LogP contribution in [0.2, 0.25) is 0 Å². The van der Waals surface area contributed by atoms with Gasteiger partial charge >= 0.3 is 5.97 Å². The summed E-state index contributed by atoms with van der Waals surface area (Å²) in [7, 11) is 0. The van der Waals surface area contributed by atoms with Crippen molar-refractivity contribution in [3.05, 3.63) is 27.7 Å². The van der Waals surface area contributed by atoms with Crippen molar-refractivity contribution in [3.63, 3.8) is 0 Å². The lowest BCUT2D eigenvalue weighted by Crippen LogP contribution is -2.28. The summed E-state index contributed by atoms with van der Waals surface area (Å²) in [5.41, 5.74) is 6.54. The van der Waals surface area contributed by atoms with Gasteiger partial charge in [-0.2, -0.15) is 0 Å². The van der Waals surface area contributed by atoms with Crippen LogP contribution in [-0.4, -0.2) is 29.4 Å². The van der Waals surface area contributed by atoms with Gasteiger partial charge in [-0.15, -0.1) is 0 Å². The van der Waals surface area contributed by atoms with E-state index in [4.69, 9.17) is 15.6 Å². The van der Waals surface area contributed by atoms with E-state index in [2.05, 4.69) is 15.9 Å². The Hall–Kier alpha value is -1.11. The molecule has 19 heavy (non-hydrogen) atoms. The number of carboxylic acids is 1. The van der Waals surface area contributed by atoms with Gasteiger partial charge < -0.3 is 20.7 Å². The van der Waals surface area contributed by atoms with Crippen molar-refractivity contribution in [2.45, 2.75) is 18.9 Å². The Balaban J connectivity index is 2.37. The molecule has 1 aromatic carbocycles. The third-order valence-corrected chi connectivity index (χ3v) is 4.19. The van der Waals surface area contributed by atoms with Gasteiger partial charge in [0.05, 0.1) is 0 Å². The first-order valence-corrected chi connectivity index (χ1v) is 6.89. The first kappa shape index (κ1) is 14.3. The summed E-state index contributed by atoms with van der Waals surface area (Å²) in [4.78, 5) is 11.0. The fraction of sp³-hybridized carbons (Fsp3) is 0.462. The van der Waals surface area contributed by atoms with Crippen LogP contribution in [0, 0.1) is 5.92 Å². The highest BCUT2D eigenvalue weighted by Crippen LogP contribution is 2.39. The monoisotopic (exact) mass is 329 g/mol. The molecule has 2 rings (SSSR count). The highest BCUT2D eigenvalue weighted by atomic mass is 79.9. The summed E-state index contributed by atoms with van der Waals surface area (Å²) in [6.07, 6.45) is 1.62. The van der Waals surface area contributed by atoms with Crippen LogP contribution >= 0.6 is 15.9 Å². The van der Waals surface area contributed by atoms with Crippen molar-refractivity contribution in [1.82, 2.24) is 0 Å². The Kier molecular flexibility index (Phi) is 4.44. The van der Waals surface area contributed by atoms with Crippen LogP contribution in [0.3, 0.4) is 0 Å². The van der Waals surface area contributed by atoms with Gasteiger partial charge in [-0.1, -0.05) is 15.9 Å². The smallest absolute Gasteiger partial charge is 0.339 e. The summed E-state index contributed by atoms with van der Waals surface area (Å²) in [6.45, 7) is 1.30. The number of ether oxygens (including phenoxy) is 1. The summed E-state index contributed by atoms with van der Waals surface area (Å²) in [5, 5.41) is 19.2. The lowest BCUT2D eigenvalue weighted by molar-refractivity contribution is 0.0578. The van der Waals surface area contributed by atoms with E-state index in [1.54, 1.807) is 6.07 Å². The topological polar surface area (TPSA) is 92.8 Å². The summed E-state index contributed by atoms with van der Waals surface area (Å²) >= 11 is 3.33. The van der Waals surface area contributed by atoms with Crippen LogP contribution < -0.4 is 5.73 Å². The maximum absolute atomic E-state index is 11.0. The van der Waals surface area contributed by atoms with Crippen LogP contribution in [0.25, 0.3) is 0 Å². The average Bonchev–Trinajstić information content (AvgIpc) is 2.39. The summed E-state index contributed by atoms with van der Waals surface area (Å²) < 4.78 is 5.92. The zero-order valence-electron chi connectivity index (χ0n) is 10.3. The minimum atomic E-state index is -1.16. The normalized spacial score (nSPS) is 18.2. The molecule has 1 saturated heterocycles. The third-order valence-electron chi connectivity index (χ3n) is 3.50. The van der Waals surface area contributed by atoms with Crippen LogP contribution in [0.5, 0.6) is 5.75 Å². The minimum Gasteiger partial charge on any atom is -0.507 e. The predicted octanol–water partition coefficient (Wildman–Crippen LogP) is 2.28. The van der Waals surface area contributed by atoms with Crippen molar-refractivity contribution >= 4 is 21.9 Å². The molecule has 6 heteroatoms. The Morgan fingerprint density at radius 2 is 2.05 bits per heavy atom. The van der Waals surface area contributed by atoms with Gasteiger partial charge in [0.2, 0.25) is 0 Å². The Morgan fingerprint density at radius 3 is 2.63 bits per heavy atom. The SMILES string of the molecule is N[C@@H](c1c(Br)ccc(C(=O)O)c1O)C1CCOCC1. The van der Waals surface area contributed by atoms with E-state index in [9.17, 15) is 9.90 Å². The van der Waals surface area contributed by atoms with Gasteiger partial charge in [-0.25, -0.2) is 4.79 Å². The molecule has 4 N–H and O–H groups in total. The van der Waals surface area contributed by atoms with Crippen LogP contribution in [0.4, 0.5) is 0 Å². The van der Waals surface area contributed by atoms with Gasteiger partial charge in [-0.05, 0) is 30.9 Å². The van der Waals surface area contributed by atoms with Gasteiger partial charge in [-0.3, -0.25) is 0 Å². The zero-order chi connectivity index (χ0) is 14.0. The molecule has 5 nitrogen and oxygen atoms in total. The predicted molar refractivity (Wildman–Crippen MR) is 73.2 cm³/mol. The molecule has 0 amide bonds. The number of halogens is 1. The first-order chi connectivity index (χ1) is 9.02. The molecule has 1 atom stereocenters. The molecule has 0 bridgehead atoms. The lowest BCUT2D eigenvalue weighted by atomic mass is 9.86. The lowest BCUT2D eigenvalue weighted by Gasteiger charge is -2.29. The second kappa shape index (κ2) is 5.90. The molecule has 1 aliphatic rings. The molecule has 1 aromatic rings. The molecule has 0 aliphatic carbocycles. The second-order valence-corrected chi connectivity index (χ2v) is 5.49. The van der Waals surface area contributed by atoms with Crippen molar-refractivity contribution in [3.8, 4) is 5.75 Å². The molecule has 0 radical (unpaired) electrons. The van der Waals surface area contributed by atoms with E-state index >= 15 is 0 Å². The van der Waals surface area contributed by atoms with Gasteiger partial charge in [0, 0.05) is 29.3 Å². The van der Waals surface area contributed by atoms with Crippen molar-refractivity contribution in [2.24, 2.45) is 11.7 Å². The number of aromatic hydroxyl groups is 1. The fourth-order valence-electron chi connectivity index (χ4n) is 2.38. The average molecular weight is 330 g/mol. The maximum atomic E-state index is 11.0. The Morgan fingerprint density at radius 1 is 1.42 bits per heavy atom. The number of carbonyl (C=O) groups is 1. The van der Waals surface area contributed by atoms with Gasteiger partial charge in [0.15, 0.2) is 0 Å². The van der Waals surface area contributed by atoms with E-state index in [1.807, 2.05) is 0 Å². The quantitative estimate of drug-likeness (QED) is 0.791. The highest BCUT2D eigenvalue weighted by molar-refractivity contribution is 9.10. The minimum absolute atomic E-state index is 0.124. The van der Waals surface area contributed by atoms with E-state index in [1.165, 1.54) is 6.07 Å². The van der Waals surface area contributed by atoms with Crippen molar-refractivity contribution in [1.29, 1.82) is 0 Å². The van der Waals surface area contributed by atoms with Crippen molar-refractivity contribution < 1.29 is 19.7 Å². The number of phenols is 1. The fourth-order valence-corrected chi connectivity index (χ4v) is 2.97. The molecule has 0 aromatic heterocycles. The summed E-state index contributed by atoms with van der Waals surface area (Å²) in [5.74, 6) is -1.23. The van der Waals surface area contributed by atoms with E-state index in [0.717, 1.165) is 12.8 Å². The van der Waals surface area contributed by atoms with E-state index < -0.39 is 12.0 Å². The molecule has 0 unspecified atom stereocenters.